The number of rotatable bonds is 8. The van der Waals surface area contributed by atoms with Crippen molar-refractivity contribution in [3.8, 4) is 0 Å². The van der Waals surface area contributed by atoms with Crippen LogP contribution in [0.5, 0.6) is 0 Å². The summed E-state index contributed by atoms with van der Waals surface area (Å²) in [5.41, 5.74) is 2.31. The molecule has 0 spiro atoms. The fourth-order valence-corrected chi connectivity index (χ4v) is 5.04. The van der Waals surface area contributed by atoms with E-state index in [1.165, 1.54) is 10.3 Å². The third kappa shape index (κ3) is 5.91. The zero-order valence-corrected chi connectivity index (χ0v) is 18.7. The average Bonchev–Trinajstić information content (AvgIpc) is 3.22. The first-order valence-corrected chi connectivity index (χ1v) is 11.9. The number of thiazole rings is 1. The first-order valence-electron chi connectivity index (χ1n) is 11.1. The predicted octanol–water partition coefficient (Wildman–Crippen LogP) is 4.31. The van der Waals surface area contributed by atoms with E-state index in [2.05, 4.69) is 23.2 Å². The van der Waals surface area contributed by atoms with Gasteiger partial charge < -0.3 is 9.80 Å². The molecule has 1 fully saturated rings. The lowest BCUT2D eigenvalue weighted by molar-refractivity contribution is -0.139. The Hall–Kier alpha value is -2.73. The van der Waals surface area contributed by atoms with Gasteiger partial charge in [0.25, 0.3) is 0 Å². The molecule has 162 valence electrons. The van der Waals surface area contributed by atoms with Crippen LogP contribution in [0.2, 0.25) is 0 Å². The highest BCUT2D eigenvalue weighted by Gasteiger charge is 2.23. The Morgan fingerprint density at radius 1 is 0.774 bits per heavy atom. The number of carbonyl (C=O) groups is 2. The molecule has 0 N–H and O–H groups in total. The molecular weight excluding hydrogens is 406 g/mol. The Balaban J connectivity index is 1.14. The summed E-state index contributed by atoms with van der Waals surface area (Å²) < 4.78 is 1.20. The smallest absolute Gasteiger partial charge is 0.222 e. The highest BCUT2D eigenvalue weighted by Crippen LogP contribution is 2.23. The summed E-state index contributed by atoms with van der Waals surface area (Å²) in [5, 5.41) is 1.10. The fraction of sp³-hybridized carbons (Fsp3) is 0.400. The van der Waals surface area contributed by atoms with E-state index in [0.717, 1.165) is 36.2 Å². The van der Waals surface area contributed by atoms with Gasteiger partial charge in [-0.1, -0.05) is 42.5 Å². The Morgan fingerprint density at radius 3 is 2.00 bits per heavy atom. The van der Waals surface area contributed by atoms with Crippen molar-refractivity contribution in [2.24, 2.45) is 0 Å². The standard InChI is InChI=1S/C25H29N3O2S/c29-24(14-6-10-20-8-2-1-3-9-20)27-16-18-28(19-17-27)25(30)15-7-13-23-26-21-11-4-5-12-22(21)31-23/h1-5,8-9,11-12H,6-7,10,13-19H2. The van der Waals surface area contributed by atoms with Crippen LogP contribution in [-0.4, -0.2) is 52.8 Å². The number of fused-ring (bicyclic) bond motifs is 1. The molecule has 1 saturated heterocycles. The van der Waals surface area contributed by atoms with Crippen LogP contribution in [0.3, 0.4) is 0 Å². The van der Waals surface area contributed by atoms with E-state index in [1.807, 2.05) is 46.2 Å². The second kappa shape index (κ2) is 10.5. The largest absolute Gasteiger partial charge is 0.339 e. The number of piperazine rings is 1. The molecule has 2 aromatic carbocycles. The van der Waals surface area contributed by atoms with E-state index in [9.17, 15) is 9.59 Å². The van der Waals surface area contributed by atoms with Crippen molar-refractivity contribution in [3.05, 3.63) is 65.2 Å². The van der Waals surface area contributed by atoms with Gasteiger partial charge >= 0.3 is 0 Å². The van der Waals surface area contributed by atoms with E-state index in [0.29, 0.717) is 39.0 Å². The summed E-state index contributed by atoms with van der Waals surface area (Å²) in [6.45, 7) is 2.58. The molecule has 1 aromatic heterocycles. The van der Waals surface area contributed by atoms with Crippen molar-refractivity contribution in [1.82, 2.24) is 14.8 Å². The molecule has 0 unspecified atom stereocenters. The molecule has 0 aliphatic carbocycles. The molecule has 0 radical (unpaired) electrons. The lowest BCUT2D eigenvalue weighted by Crippen LogP contribution is -2.50. The van der Waals surface area contributed by atoms with Gasteiger partial charge in [0.15, 0.2) is 0 Å². The van der Waals surface area contributed by atoms with Gasteiger partial charge in [-0.15, -0.1) is 11.3 Å². The topological polar surface area (TPSA) is 53.5 Å². The van der Waals surface area contributed by atoms with Crippen molar-refractivity contribution in [1.29, 1.82) is 0 Å². The zero-order valence-electron chi connectivity index (χ0n) is 17.8. The number of benzene rings is 2. The second-order valence-corrected chi connectivity index (χ2v) is 9.14. The molecule has 4 rings (SSSR count). The number of aromatic nitrogens is 1. The number of para-hydroxylation sites is 1. The molecule has 31 heavy (non-hydrogen) atoms. The van der Waals surface area contributed by atoms with Crippen LogP contribution in [-0.2, 0) is 22.4 Å². The molecule has 1 aliphatic heterocycles. The molecule has 5 nitrogen and oxygen atoms in total. The van der Waals surface area contributed by atoms with Crippen molar-refractivity contribution < 1.29 is 9.59 Å². The molecule has 0 atom stereocenters. The first-order chi connectivity index (χ1) is 15.2. The van der Waals surface area contributed by atoms with Crippen molar-refractivity contribution >= 4 is 33.4 Å². The Bertz CT molecular complexity index is 977. The SMILES string of the molecule is O=C(CCCc1ccccc1)N1CCN(C(=O)CCCc2nc3ccccc3s2)CC1. The van der Waals surface area contributed by atoms with E-state index < -0.39 is 0 Å². The van der Waals surface area contributed by atoms with E-state index >= 15 is 0 Å². The van der Waals surface area contributed by atoms with Crippen LogP contribution in [0.4, 0.5) is 0 Å². The summed E-state index contributed by atoms with van der Waals surface area (Å²) in [5.74, 6) is 0.399. The lowest BCUT2D eigenvalue weighted by Gasteiger charge is -2.35. The molecule has 6 heteroatoms. The minimum Gasteiger partial charge on any atom is -0.339 e. The van der Waals surface area contributed by atoms with Crippen LogP contribution >= 0.6 is 11.3 Å². The Kier molecular flexibility index (Phi) is 7.30. The third-order valence-corrected chi connectivity index (χ3v) is 6.90. The van der Waals surface area contributed by atoms with Gasteiger partial charge in [0.2, 0.25) is 11.8 Å². The van der Waals surface area contributed by atoms with Crippen LogP contribution in [0.25, 0.3) is 10.2 Å². The maximum Gasteiger partial charge on any atom is 0.222 e. The van der Waals surface area contributed by atoms with Gasteiger partial charge in [0, 0.05) is 39.0 Å². The molecule has 0 saturated carbocycles. The van der Waals surface area contributed by atoms with E-state index in [4.69, 9.17) is 0 Å². The summed E-state index contributed by atoms with van der Waals surface area (Å²) in [6, 6.07) is 18.4. The zero-order chi connectivity index (χ0) is 21.5. The van der Waals surface area contributed by atoms with Crippen LogP contribution in [0, 0.1) is 0 Å². The molecule has 2 heterocycles. The Morgan fingerprint density at radius 2 is 1.35 bits per heavy atom. The number of nitrogens with zero attached hydrogens (tertiary/aromatic N) is 3. The minimum atomic E-state index is 0.192. The number of hydrogen-bond donors (Lipinski definition) is 0. The minimum absolute atomic E-state index is 0.192. The number of amides is 2. The number of aryl methyl sites for hydroxylation is 2. The molecule has 2 amide bonds. The van der Waals surface area contributed by atoms with Crippen molar-refractivity contribution in [2.75, 3.05) is 26.2 Å². The number of hydrogen-bond acceptors (Lipinski definition) is 4. The molecule has 0 bridgehead atoms. The summed E-state index contributed by atoms with van der Waals surface area (Å²) in [4.78, 5) is 33.5. The first kappa shape index (κ1) is 21.5. The van der Waals surface area contributed by atoms with E-state index in [1.54, 1.807) is 11.3 Å². The maximum atomic E-state index is 12.6. The van der Waals surface area contributed by atoms with Gasteiger partial charge in [0.05, 0.1) is 15.2 Å². The molecule has 3 aromatic rings. The molecular formula is C25H29N3O2S. The normalized spacial score (nSPS) is 14.2. The van der Waals surface area contributed by atoms with Gasteiger partial charge in [-0.05, 0) is 43.4 Å². The third-order valence-electron chi connectivity index (χ3n) is 5.80. The van der Waals surface area contributed by atoms with E-state index in [-0.39, 0.29) is 11.8 Å². The summed E-state index contributed by atoms with van der Waals surface area (Å²) in [6.07, 6.45) is 4.57. The maximum absolute atomic E-state index is 12.6. The Labute approximate surface area is 187 Å². The van der Waals surface area contributed by atoms with Crippen LogP contribution < -0.4 is 0 Å². The van der Waals surface area contributed by atoms with Gasteiger partial charge in [0.1, 0.15) is 0 Å². The second-order valence-electron chi connectivity index (χ2n) is 8.03. The van der Waals surface area contributed by atoms with Crippen molar-refractivity contribution in [3.63, 3.8) is 0 Å². The quantitative estimate of drug-likeness (QED) is 0.530. The van der Waals surface area contributed by atoms with Crippen molar-refractivity contribution in [2.45, 2.75) is 38.5 Å². The highest BCUT2D eigenvalue weighted by molar-refractivity contribution is 7.18. The summed E-state index contributed by atoms with van der Waals surface area (Å²) >= 11 is 1.71. The number of carbonyl (C=O) groups excluding carboxylic acids is 2. The van der Waals surface area contributed by atoms with Gasteiger partial charge in [-0.2, -0.15) is 0 Å². The fourth-order valence-electron chi connectivity index (χ4n) is 4.03. The van der Waals surface area contributed by atoms with Crippen LogP contribution in [0.15, 0.2) is 54.6 Å². The average molecular weight is 436 g/mol. The molecule has 1 aliphatic rings. The van der Waals surface area contributed by atoms with Crippen LogP contribution in [0.1, 0.15) is 36.3 Å². The monoisotopic (exact) mass is 435 g/mol. The summed E-state index contributed by atoms with van der Waals surface area (Å²) in [7, 11) is 0. The van der Waals surface area contributed by atoms with Gasteiger partial charge in [-0.25, -0.2) is 4.98 Å². The lowest BCUT2D eigenvalue weighted by atomic mass is 10.1. The predicted molar refractivity (Wildman–Crippen MR) is 125 cm³/mol. The van der Waals surface area contributed by atoms with Gasteiger partial charge in [-0.3, -0.25) is 9.59 Å². The highest BCUT2D eigenvalue weighted by atomic mass is 32.1.